The number of rotatable bonds is 4. The number of hydrogen-bond donors (Lipinski definition) is 2. The number of hydrogen-bond acceptors (Lipinski definition) is 2. The van der Waals surface area contributed by atoms with E-state index in [1.807, 2.05) is 13.8 Å². The molecule has 0 aromatic carbocycles. The second-order valence-electron chi connectivity index (χ2n) is 3.59. The highest BCUT2D eigenvalue weighted by atomic mass is 16.3. The van der Waals surface area contributed by atoms with E-state index >= 15 is 0 Å². The molecule has 0 aliphatic heterocycles. The van der Waals surface area contributed by atoms with Crippen LogP contribution >= 0.6 is 0 Å². The van der Waals surface area contributed by atoms with Gasteiger partial charge in [-0.2, -0.15) is 0 Å². The maximum absolute atomic E-state index is 11.1. The molecule has 0 bridgehead atoms. The van der Waals surface area contributed by atoms with Crippen LogP contribution in [0.2, 0.25) is 0 Å². The first kappa shape index (κ1) is 11.2. The van der Waals surface area contributed by atoms with E-state index in [0.29, 0.717) is 12.0 Å². The second kappa shape index (κ2) is 4.26. The monoisotopic (exact) mass is 171 g/mol. The third kappa shape index (κ3) is 4.13. The lowest BCUT2D eigenvalue weighted by molar-refractivity contribution is -0.119. The van der Waals surface area contributed by atoms with E-state index in [4.69, 9.17) is 5.11 Å². The zero-order valence-corrected chi connectivity index (χ0v) is 7.98. The predicted molar refractivity (Wildman–Crippen MR) is 48.7 cm³/mol. The Labute approximate surface area is 73.5 Å². The van der Waals surface area contributed by atoms with Crippen molar-refractivity contribution in [2.45, 2.75) is 32.7 Å². The van der Waals surface area contributed by atoms with Gasteiger partial charge in [0.25, 0.3) is 0 Å². The highest BCUT2D eigenvalue weighted by Crippen LogP contribution is 2.07. The fourth-order valence-electron chi connectivity index (χ4n) is 0.756. The van der Waals surface area contributed by atoms with Gasteiger partial charge in [0.2, 0.25) is 5.91 Å². The van der Waals surface area contributed by atoms with Gasteiger partial charge in [0.05, 0.1) is 0 Å². The van der Waals surface area contributed by atoms with Gasteiger partial charge in [-0.25, -0.2) is 0 Å². The van der Waals surface area contributed by atoms with E-state index < -0.39 is 0 Å². The van der Waals surface area contributed by atoms with Crippen LogP contribution in [0.1, 0.15) is 27.2 Å². The maximum atomic E-state index is 11.1. The molecule has 2 N–H and O–H groups in total. The Morgan fingerprint density at radius 2 is 2.08 bits per heavy atom. The molecule has 1 amide bonds. The van der Waals surface area contributed by atoms with Gasteiger partial charge in [-0.05, 0) is 27.2 Å². The van der Waals surface area contributed by atoms with E-state index in [-0.39, 0.29) is 18.1 Å². The molecule has 0 unspecified atom stereocenters. The summed E-state index contributed by atoms with van der Waals surface area (Å²) in [4.78, 5) is 11.1. The average Bonchev–Trinajstić information content (AvgIpc) is 1.85. The first-order valence-electron chi connectivity index (χ1n) is 3.98. The van der Waals surface area contributed by atoms with E-state index in [2.05, 4.69) is 11.9 Å². The number of aliphatic hydroxyl groups excluding tert-OH is 1. The Morgan fingerprint density at radius 3 is 2.42 bits per heavy atom. The number of amides is 1. The van der Waals surface area contributed by atoms with Crippen LogP contribution in [0.4, 0.5) is 0 Å². The van der Waals surface area contributed by atoms with Crippen LogP contribution in [-0.2, 0) is 4.79 Å². The number of carbonyl (C=O) groups is 1. The van der Waals surface area contributed by atoms with Crippen molar-refractivity contribution < 1.29 is 9.90 Å². The minimum Gasteiger partial charge on any atom is -0.396 e. The number of aliphatic hydroxyl groups is 1. The van der Waals surface area contributed by atoms with E-state index in [9.17, 15) is 4.79 Å². The summed E-state index contributed by atoms with van der Waals surface area (Å²) in [6.07, 6.45) is 0.548. The molecule has 3 heteroatoms. The molecule has 0 atom stereocenters. The Morgan fingerprint density at radius 1 is 1.58 bits per heavy atom. The summed E-state index contributed by atoms with van der Waals surface area (Å²) >= 11 is 0. The van der Waals surface area contributed by atoms with Crippen LogP contribution in [0.25, 0.3) is 0 Å². The Bertz CT molecular complexity index is 185. The predicted octanol–water partition coefficient (Wildman–Crippen LogP) is 0.840. The molecular formula is C9H17NO2. The van der Waals surface area contributed by atoms with Gasteiger partial charge in [0.15, 0.2) is 0 Å². The topological polar surface area (TPSA) is 49.3 Å². The third-order valence-corrected chi connectivity index (χ3v) is 1.58. The van der Waals surface area contributed by atoms with Gasteiger partial charge in [0.1, 0.15) is 0 Å². The SMILES string of the molecule is C=C(C)C(=O)NC(C)(C)CCO. The fourth-order valence-corrected chi connectivity index (χ4v) is 0.756. The summed E-state index contributed by atoms with van der Waals surface area (Å²) in [5.41, 5.74) is 0.131. The Kier molecular flexibility index (Phi) is 3.96. The highest BCUT2D eigenvalue weighted by Gasteiger charge is 2.19. The first-order valence-corrected chi connectivity index (χ1v) is 3.98. The smallest absolute Gasteiger partial charge is 0.246 e. The van der Waals surface area contributed by atoms with Crippen LogP contribution in [-0.4, -0.2) is 23.2 Å². The van der Waals surface area contributed by atoms with Crippen molar-refractivity contribution >= 4 is 5.91 Å². The highest BCUT2D eigenvalue weighted by molar-refractivity contribution is 5.92. The summed E-state index contributed by atoms with van der Waals surface area (Å²) in [6.45, 7) is 8.99. The summed E-state index contributed by atoms with van der Waals surface area (Å²) in [5, 5.41) is 11.4. The molecule has 0 saturated carbocycles. The van der Waals surface area contributed by atoms with Crippen molar-refractivity contribution in [3.05, 3.63) is 12.2 Å². The molecule has 0 saturated heterocycles. The van der Waals surface area contributed by atoms with Crippen LogP contribution in [0.3, 0.4) is 0 Å². The molecule has 0 aromatic rings. The minimum absolute atomic E-state index is 0.0729. The third-order valence-electron chi connectivity index (χ3n) is 1.58. The lowest BCUT2D eigenvalue weighted by Crippen LogP contribution is -2.44. The molecule has 0 fully saturated rings. The van der Waals surface area contributed by atoms with Crippen molar-refractivity contribution in [2.24, 2.45) is 0 Å². The molecule has 0 aliphatic carbocycles. The lowest BCUT2D eigenvalue weighted by atomic mass is 10.0. The maximum Gasteiger partial charge on any atom is 0.246 e. The molecule has 0 radical (unpaired) electrons. The van der Waals surface area contributed by atoms with Gasteiger partial charge in [-0.15, -0.1) is 0 Å². The Hall–Kier alpha value is -0.830. The van der Waals surface area contributed by atoms with Crippen molar-refractivity contribution in [2.75, 3.05) is 6.61 Å². The summed E-state index contributed by atoms with van der Waals surface area (Å²) < 4.78 is 0. The van der Waals surface area contributed by atoms with Crippen LogP contribution in [0.15, 0.2) is 12.2 Å². The number of nitrogens with one attached hydrogen (secondary N) is 1. The van der Waals surface area contributed by atoms with Gasteiger partial charge < -0.3 is 10.4 Å². The molecule has 12 heavy (non-hydrogen) atoms. The fraction of sp³-hybridized carbons (Fsp3) is 0.667. The standard InChI is InChI=1S/C9H17NO2/c1-7(2)8(12)10-9(3,4)5-6-11/h11H,1,5-6H2,2-4H3,(H,10,12). The second-order valence-corrected chi connectivity index (χ2v) is 3.59. The van der Waals surface area contributed by atoms with Gasteiger partial charge >= 0.3 is 0 Å². The normalized spacial score (nSPS) is 11.0. The molecule has 0 aromatic heterocycles. The summed E-state index contributed by atoms with van der Waals surface area (Å²) in [7, 11) is 0. The molecule has 70 valence electrons. The molecule has 0 spiro atoms. The van der Waals surface area contributed by atoms with Crippen LogP contribution in [0, 0.1) is 0 Å². The minimum atomic E-state index is -0.356. The zero-order chi connectivity index (χ0) is 9.78. The van der Waals surface area contributed by atoms with Crippen LogP contribution in [0.5, 0.6) is 0 Å². The van der Waals surface area contributed by atoms with Crippen molar-refractivity contribution in [3.63, 3.8) is 0 Å². The zero-order valence-electron chi connectivity index (χ0n) is 7.98. The van der Waals surface area contributed by atoms with E-state index in [1.165, 1.54) is 0 Å². The van der Waals surface area contributed by atoms with Gasteiger partial charge in [-0.1, -0.05) is 6.58 Å². The largest absolute Gasteiger partial charge is 0.396 e. The quantitative estimate of drug-likeness (QED) is 0.616. The molecule has 0 rings (SSSR count). The van der Waals surface area contributed by atoms with Crippen molar-refractivity contribution in [1.82, 2.24) is 5.32 Å². The molecule has 0 heterocycles. The van der Waals surface area contributed by atoms with Crippen molar-refractivity contribution in [3.8, 4) is 0 Å². The summed E-state index contributed by atoms with van der Waals surface area (Å²) in [6, 6.07) is 0. The van der Waals surface area contributed by atoms with Crippen LogP contribution < -0.4 is 5.32 Å². The molecular weight excluding hydrogens is 154 g/mol. The van der Waals surface area contributed by atoms with Gasteiger partial charge in [-0.3, -0.25) is 4.79 Å². The van der Waals surface area contributed by atoms with Crippen molar-refractivity contribution in [1.29, 1.82) is 0 Å². The molecule has 3 nitrogen and oxygen atoms in total. The lowest BCUT2D eigenvalue weighted by Gasteiger charge is -2.25. The average molecular weight is 171 g/mol. The van der Waals surface area contributed by atoms with E-state index in [0.717, 1.165) is 0 Å². The molecule has 0 aliphatic rings. The summed E-state index contributed by atoms with van der Waals surface area (Å²) in [5.74, 6) is -0.159. The Balaban J connectivity index is 4.05. The van der Waals surface area contributed by atoms with Gasteiger partial charge in [0, 0.05) is 17.7 Å². The number of carbonyl (C=O) groups excluding carboxylic acids is 1. The first-order chi connectivity index (χ1) is 5.39. The van der Waals surface area contributed by atoms with E-state index in [1.54, 1.807) is 6.92 Å².